The average molecular weight is 267 g/mol. The lowest BCUT2D eigenvalue weighted by molar-refractivity contribution is -0.122. The lowest BCUT2D eigenvalue weighted by Gasteiger charge is -2.14. The third kappa shape index (κ3) is 11.9. The van der Waals surface area contributed by atoms with Gasteiger partial charge < -0.3 is 15.8 Å². The second-order valence-corrected chi connectivity index (χ2v) is 4.80. The zero-order valence-corrected chi connectivity index (χ0v) is 12.2. The minimum Gasteiger partial charge on any atom is -0.379 e. The van der Waals surface area contributed by atoms with Gasteiger partial charge in [0.05, 0.1) is 12.1 Å². The first-order chi connectivity index (χ1) is 7.43. The van der Waals surface area contributed by atoms with E-state index in [0.717, 1.165) is 12.8 Å². The number of carbonyl (C=O) groups is 1. The highest BCUT2D eigenvalue weighted by atomic mass is 35.5. The van der Waals surface area contributed by atoms with Gasteiger partial charge in [0.25, 0.3) is 0 Å². The van der Waals surface area contributed by atoms with Crippen molar-refractivity contribution in [3.05, 3.63) is 0 Å². The summed E-state index contributed by atoms with van der Waals surface area (Å²) in [5.41, 5.74) is 5.74. The van der Waals surface area contributed by atoms with E-state index in [-0.39, 0.29) is 30.5 Å². The van der Waals surface area contributed by atoms with E-state index in [4.69, 9.17) is 10.5 Å². The van der Waals surface area contributed by atoms with Crippen LogP contribution in [0.2, 0.25) is 0 Å². The Morgan fingerprint density at radius 2 is 1.88 bits per heavy atom. The highest BCUT2D eigenvalue weighted by Crippen LogP contribution is 2.02. The van der Waals surface area contributed by atoms with Crippen molar-refractivity contribution in [1.82, 2.24) is 5.32 Å². The second-order valence-electron chi connectivity index (χ2n) is 4.80. The van der Waals surface area contributed by atoms with Crippen molar-refractivity contribution in [3.8, 4) is 0 Å². The average Bonchev–Trinajstić information content (AvgIpc) is 2.15. The van der Waals surface area contributed by atoms with Crippen molar-refractivity contribution in [1.29, 1.82) is 0 Å². The third-order valence-corrected chi connectivity index (χ3v) is 2.13. The molecule has 0 saturated heterocycles. The van der Waals surface area contributed by atoms with E-state index in [9.17, 15) is 4.79 Å². The van der Waals surface area contributed by atoms with Gasteiger partial charge >= 0.3 is 0 Å². The summed E-state index contributed by atoms with van der Waals surface area (Å²) in [5, 5.41) is 2.82. The van der Waals surface area contributed by atoms with Crippen molar-refractivity contribution in [2.75, 3.05) is 13.2 Å². The first-order valence-electron chi connectivity index (χ1n) is 6.08. The van der Waals surface area contributed by atoms with Crippen LogP contribution in [0.15, 0.2) is 0 Å². The van der Waals surface area contributed by atoms with Crippen LogP contribution in [0.1, 0.15) is 40.5 Å². The van der Waals surface area contributed by atoms with Gasteiger partial charge in [-0.2, -0.15) is 0 Å². The van der Waals surface area contributed by atoms with E-state index >= 15 is 0 Å². The van der Waals surface area contributed by atoms with Gasteiger partial charge in [0, 0.05) is 13.2 Å². The molecule has 1 amide bonds. The van der Waals surface area contributed by atoms with Gasteiger partial charge in [-0.25, -0.2) is 0 Å². The summed E-state index contributed by atoms with van der Waals surface area (Å²) < 4.78 is 5.37. The van der Waals surface area contributed by atoms with Crippen LogP contribution in [0, 0.1) is 5.92 Å². The van der Waals surface area contributed by atoms with Crippen molar-refractivity contribution >= 4 is 18.3 Å². The molecule has 0 heterocycles. The fourth-order valence-electron chi connectivity index (χ4n) is 1.35. The number of nitrogens with one attached hydrogen (secondary N) is 1. The summed E-state index contributed by atoms with van der Waals surface area (Å²) in [4.78, 5) is 11.5. The van der Waals surface area contributed by atoms with Crippen LogP contribution < -0.4 is 11.1 Å². The van der Waals surface area contributed by atoms with Crippen LogP contribution in [0.25, 0.3) is 0 Å². The lowest BCUT2D eigenvalue weighted by Crippen LogP contribution is -2.41. The van der Waals surface area contributed by atoms with E-state index in [0.29, 0.717) is 19.1 Å². The fraction of sp³-hybridized carbons (Fsp3) is 0.917. The summed E-state index contributed by atoms with van der Waals surface area (Å²) in [6.07, 6.45) is 1.81. The Hall–Kier alpha value is -0.320. The molecular formula is C12H27ClN2O2. The molecule has 0 aliphatic rings. The van der Waals surface area contributed by atoms with E-state index < -0.39 is 0 Å². The van der Waals surface area contributed by atoms with E-state index in [2.05, 4.69) is 19.2 Å². The number of amides is 1. The minimum absolute atomic E-state index is 0. The molecule has 0 rings (SSSR count). The van der Waals surface area contributed by atoms with Gasteiger partial charge in [-0.15, -0.1) is 12.4 Å². The van der Waals surface area contributed by atoms with E-state index in [1.807, 2.05) is 13.8 Å². The molecule has 0 saturated carbocycles. The van der Waals surface area contributed by atoms with Gasteiger partial charge in [0.15, 0.2) is 0 Å². The number of halogens is 1. The summed E-state index contributed by atoms with van der Waals surface area (Å²) >= 11 is 0. The van der Waals surface area contributed by atoms with Crippen LogP contribution >= 0.6 is 12.4 Å². The predicted octanol–water partition coefficient (Wildman–Crippen LogP) is 1.71. The lowest BCUT2D eigenvalue weighted by atomic mass is 10.0. The Morgan fingerprint density at radius 1 is 1.29 bits per heavy atom. The molecule has 104 valence electrons. The van der Waals surface area contributed by atoms with Gasteiger partial charge in [-0.05, 0) is 32.6 Å². The first kappa shape index (κ1) is 19.0. The minimum atomic E-state index is -0.383. The van der Waals surface area contributed by atoms with Gasteiger partial charge in [0.2, 0.25) is 5.91 Å². The van der Waals surface area contributed by atoms with E-state index in [1.165, 1.54) is 0 Å². The SMILES string of the molecule is CC(C)C[C@H](N)C(=O)NCCCOC(C)C.Cl. The maximum Gasteiger partial charge on any atom is 0.236 e. The second kappa shape index (κ2) is 10.8. The maximum absolute atomic E-state index is 11.5. The normalized spacial score (nSPS) is 12.4. The molecule has 0 aromatic heterocycles. The molecule has 0 spiro atoms. The number of nitrogens with two attached hydrogens (primary N) is 1. The van der Waals surface area contributed by atoms with E-state index in [1.54, 1.807) is 0 Å². The van der Waals surface area contributed by atoms with Crippen LogP contribution in [-0.4, -0.2) is 31.2 Å². The molecule has 17 heavy (non-hydrogen) atoms. The number of hydrogen-bond donors (Lipinski definition) is 2. The van der Waals surface area contributed by atoms with Crippen LogP contribution in [0.5, 0.6) is 0 Å². The Balaban J connectivity index is 0. The molecule has 0 fully saturated rings. The van der Waals surface area contributed by atoms with Crippen molar-refractivity contribution in [3.63, 3.8) is 0 Å². The molecule has 0 radical (unpaired) electrons. The monoisotopic (exact) mass is 266 g/mol. The molecule has 0 unspecified atom stereocenters. The summed E-state index contributed by atoms with van der Waals surface area (Å²) in [6.45, 7) is 9.43. The van der Waals surface area contributed by atoms with Crippen molar-refractivity contribution < 1.29 is 9.53 Å². The molecule has 0 bridgehead atoms. The highest BCUT2D eigenvalue weighted by Gasteiger charge is 2.13. The highest BCUT2D eigenvalue weighted by molar-refractivity contribution is 5.85. The van der Waals surface area contributed by atoms with Crippen LogP contribution in [0.3, 0.4) is 0 Å². The largest absolute Gasteiger partial charge is 0.379 e. The standard InChI is InChI=1S/C12H26N2O2.ClH/c1-9(2)8-11(13)12(15)14-6-5-7-16-10(3)4;/h9-11H,5-8,13H2,1-4H3,(H,14,15);1H/t11-;/m0./s1. The van der Waals surface area contributed by atoms with Crippen molar-refractivity contribution in [2.45, 2.75) is 52.7 Å². The zero-order chi connectivity index (χ0) is 12.6. The molecule has 4 nitrogen and oxygen atoms in total. The Kier molecular flexibility index (Phi) is 12.1. The molecule has 0 aliphatic heterocycles. The van der Waals surface area contributed by atoms with Gasteiger partial charge in [0.1, 0.15) is 0 Å². The Morgan fingerprint density at radius 3 is 2.35 bits per heavy atom. The topological polar surface area (TPSA) is 64.4 Å². The fourth-order valence-corrected chi connectivity index (χ4v) is 1.35. The molecule has 3 N–H and O–H groups in total. The molecule has 1 atom stereocenters. The number of rotatable bonds is 8. The Bertz CT molecular complexity index is 199. The number of ether oxygens (including phenoxy) is 1. The zero-order valence-electron chi connectivity index (χ0n) is 11.4. The van der Waals surface area contributed by atoms with Gasteiger partial charge in [-0.1, -0.05) is 13.8 Å². The summed E-state index contributed by atoms with van der Waals surface area (Å²) in [7, 11) is 0. The maximum atomic E-state index is 11.5. The number of carbonyl (C=O) groups excluding carboxylic acids is 1. The van der Waals surface area contributed by atoms with Gasteiger partial charge in [-0.3, -0.25) is 4.79 Å². The number of hydrogen-bond acceptors (Lipinski definition) is 3. The molecule has 0 aromatic rings. The summed E-state index contributed by atoms with van der Waals surface area (Å²) in [5.74, 6) is 0.392. The first-order valence-corrected chi connectivity index (χ1v) is 6.08. The summed E-state index contributed by atoms with van der Waals surface area (Å²) in [6, 6.07) is -0.383. The quantitative estimate of drug-likeness (QED) is 0.658. The smallest absolute Gasteiger partial charge is 0.236 e. The molecule has 0 aromatic carbocycles. The Labute approximate surface area is 111 Å². The molecular weight excluding hydrogens is 240 g/mol. The molecule has 0 aliphatic carbocycles. The van der Waals surface area contributed by atoms with Crippen molar-refractivity contribution in [2.24, 2.45) is 11.7 Å². The van der Waals surface area contributed by atoms with Crippen LogP contribution in [0.4, 0.5) is 0 Å². The molecule has 5 heteroatoms. The predicted molar refractivity (Wildman–Crippen MR) is 73.4 cm³/mol. The van der Waals surface area contributed by atoms with Crippen LogP contribution in [-0.2, 0) is 9.53 Å². The third-order valence-electron chi connectivity index (χ3n) is 2.13.